The van der Waals surface area contributed by atoms with Gasteiger partial charge in [-0.25, -0.2) is 4.79 Å². The van der Waals surface area contributed by atoms with Crippen molar-refractivity contribution in [2.75, 3.05) is 7.11 Å². The van der Waals surface area contributed by atoms with E-state index < -0.39 is 5.60 Å². The third kappa shape index (κ3) is 2.18. The highest BCUT2D eigenvalue weighted by atomic mass is 79.9. The Morgan fingerprint density at radius 1 is 0.900 bits per heavy atom. The van der Waals surface area contributed by atoms with Crippen molar-refractivity contribution in [2.24, 2.45) is 0 Å². The molecule has 0 amide bonds. The fraction of sp³-hybridized carbons (Fsp3) is 0.0800. The van der Waals surface area contributed by atoms with Crippen molar-refractivity contribution in [3.05, 3.63) is 99.5 Å². The summed E-state index contributed by atoms with van der Waals surface area (Å²) < 4.78 is 18.9. The van der Waals surface area contributed by atoms with E-state index in [4.69, 9.17) is 14.2 Å². The van der Waals surface area contributed by atoms with Gasteiger partial charge in [0.15, 0.2) is 5.60 Å². The predicted octanol–water partition coefficient (Wildman–Crippen LogP) is 6.18. The molecular formula is C25H15BrO4. The summed E-state index contributed by atoms with van der Waals surface area (Å²) in [6.07, 6.45) is 0. The summed E-state index contributed by atoms with van der Waals surface area (Å²) in [6, 6.07) is 23.2. The smallest absolute Gasteiger partial charge is 0.340 e. The zero-order chi connectivity index (χ0) is 20.5. The third-order valence-electron chi connectivity index (χ3n) is 5.86. The van der Waals surface area contributed by atoms with Crippen LogP contribution in [0.2, 0.25) is 0 Å². The van der Waals surface area contributed by atoms with Crippen molar-refractivity contribution in [1.29, 1.82) is 0 Å². The molecule has 0 aromatic heterocycles. The summed E-state index contributed by atoms with van der Waals surface area (Å²) in [5.41, 5.74) is 1.92. The lowest BCUT2D eigenvalue weighted by Crippen LogP contribution is -2.33. The second-order valence-corrected chi connectivity index (χ2v) is 8.30. The fourth-order valence-corrected chi connectivity index (χ4v) is 4.97. The molecule has 2 aliphatic heterocycles. The van der Waals surface area contributed by atoms with Crippen molar-refractivity contribution in [1.82, 2.24) is 0 Å². The normalized spacial score (nSPS) is 18.4. The van der Waals surface area contributed by atoms with Crippen LogP contribution in [0.5, 0.6) is 17.2 Å². The first-order valence-electron chi connectivity index (χ1n) is 9.54. The molecule has 0 bridgehead atoms. The molecule has 146 valence electrons. The monoisotopic (exact) mass is 458 g/mol. The molecule has 1 atom stereocenters. The summed E-state index contributed by atoms with van der Waals surface area (Å²) in [5.74, 6) is 1.61. The molecule has 1 spiro atoms. The van der Waals surface area contributed by atoms with Crippen LogP contribution in [-0.4, -0.2) is 13.1 Å². The average Bonchev–Trinajstić information content (AvgIpc) is 3.06. The maximum absolute atomic E-state index is 13.0. The van der Waals surface area contributed by atoms with E-state index in [1.165, 1.54) is 0 Å². The van der Waals surface area contributed by atoms with Crippen LogP contribution in [0, 0.1) is 0 Å². The van der Waals surface area contributed by atoms with E-state index >= 15 is 0 Å². The first-order chi connectivity index (χ1) is 14.6. The lowest BCUT2D eigenvalue weighted by Gasteiger charge is -2.37. The molecule has 6 rings (SSSR count). The van der Waals surface area contributed by atoms with Crippen molar-refractivity contribution >= 4 is 32.7 Å². The number of esters is 1. The highest BCUT2D eigenvalue weighted by molar-refractivity contribution is 9.10. The van der Waals surface area contributed by atoms with Gasteiger partial charge in [-0.15, -0.1) is 0 Å². The maximum atomic E-state index is 13.0. The van der Waals surface area contributed by atoms with E-state index in [0.717, 1.165) is 31.9 Å². The molecule has 2 aliphatic rings. The predicted molar refractivity (Wildman–Crippen MR) is 116 cm³/mol. The van der Waals surface area contributed by atoms with Gasteiger partial charge in [0.25, 0.3) is 0 Å². The molecule has 5 heteroatoms. The molecule has 0 saturated heterocycles. The Kier molecular flexibility index (Phi) is 3.56. The van der Waals surface area contributed by atoms with E-state index in [0.29, 0.717) is 22.8 Å². The lowest BCUT2D eigenvalue weighted by molar-refractivity contribution is 0.0229. The van der Waals surface area contributed by atoms with Gasteiger partial charge >= 0.3 is 5.97 Å². The Labute approximate surface area is 181 Å². The number of carbonyl (C=O) groups excluding carboxylic acids is 1. The SMILES string of the molecule is COc1ccc2c(c1)Oc1ccc3cc(Br)ccc3c1C21OC(=O)c2ccccc21. The molecule has 1 unspecified atom stereocenters. The number of methoxy groups -OCH3 is 1. The van der Waals surface area contributed by atoms with Crippen LogP contribution in [-0.2, 0) is 10.3 Å². The number of hydrogen-bond acceptors (Lipinski definition) is 4. The number of carbonyl (C=O) groups is 1. The van der Waals surface area contributed by atoms with Crippen LogP contribution in [0.1, 0.15) is 27.0 Å². The number of benzene rings is 4. The highest BCUT2D eigenvalue weighted by Crippen LogP contribution is 2.58. The Balaban J connectivity index is 1.78. The van der Waals surface area contributed by atoms with E-state index in [1.54, 1.807) is 7.11 Å². The summed E-state index contributed by atoms with van der Waals surface area (Å²) in [6.45, 7) is 0. The molecule has 0 N–H and O–H groups in total. The molecule has 4 aromatic carbocycles. The second kappa shape index (κ2) is 6.09. The Hall–Kier alpha value is -3.31. The van der Waals surface area contributed by atoms with E-state index in [-0.39, 0.29) is 5.97 Å². The van der Waals surface area contributed by atoms with Gasteiger partial charge in [0, 0.05) is 21.7 Å². The van der Waals surface area contributed by atoms with Crippen LogP contribution in [0.3, 0.4) is 0 Å². The fourth-order valence-electron chi connectivity index (χ4n) is 4.59. The molecule has 4 aromatic rings. The standard InChI is InChI=1S/C25H15BrO4/c1-28-16-8-10-20-22(13-16)29-21-11-6-14-12-15(26)7-9-17(14)23(21)25(20)19-5-3-2-4-18(19)24(27)30-25/h2-13H,1H3. The van der Waals surface area contributed by atoms with Gasteiger partial charge in [-0.1, -0.05) is 46.3 Å². The number of halogens is 1. The van der Waals surface area contributed by atoms with Crippen LogP contribution in [0.15, 0.2) is 77.3 Å². The zero-order valence-corrected chi connectivity index (χ0v) is 17.5. The quantitative estimate of drug-likeness (QED) is 0.319. The zero-order valence-electron chi connectivity index (χ0n) is 15.9. The third-order valence-corrected chi connectivity index (χ3v) is 6.35. The number of rotatable bonds is 1. The Bertz CT molecular complexity index is 1380. The number of ether oxygens (including phenoxy) is 3. The first-order valence-corrected chi connectivity index (χ1v) is 10.3. The molecular weight excluding hydrogens is 444 g/mol. The first kappa shape index (κ1) is 17.5. The van der Waals surface area contributed by atoms with Crippen molar-refractivity contribution < 1.29 is 19.0 Å². The summed E-state index contributed by atoms with van der Waals surface area (Å²) >= 11 is 3.55. The minimum atomic E-state index is -1.09. The van der Waals surface area contributed by atoms with Gasteiger partial charge in [-0.2, -0.15) is 0 Å². The number of hydrogen-bond donors (Lipinski definition) is 0. The molecule has 0 radical (unpaired) electrons. The van der Waals surface area contributed by atoms with Crippen molar-refractivity contribution in [3.8, 4) is 17.2 Å². The van der Waals surface area contributed by atoms with Crippen LogP contribution in [0.25, 0.3) is 10.8 Å². The van der Waals surface area contributed by atoms with Crippen molar-refractivity contribution in [2.45, 2.75) is 5.60 Å². The molecule has 0 fully saturated rings. The summed E-state index contributed by atoms with van der Waals surface area (Å²) in [5, 5.41) is 2.00. The van der Waals surface area contributed by atoms with Gasteiger partial charge in [0.05, 0.1) is 18.2 Å². The van der Waals surface area contributed by atoms with Gasteiger partial charge < -0.3 is 14.2 Å². The molecule has 0 aliphatic carbocycles. The molecule has 4 nitrogen and oxygen atoms in total. The average molecular weight is 459 g/mol. The minimum Gasteiger partial charge on any atom is -0.497 e. The van der Waals surface area contributed by atoms with Gasteiger partial charge in [0.1, 0.15) is 17.2 Å². The van der Waals surface area contributed by atoms with Gasteiger partial charge in [0.2, 0.25) is 0 Å². The highest BCUT2D eigenvalue weighted by Gasteiger charge is 2.54. The maximum Gasteiger partial charge on any atom is 0.340 e. The lowest BCUT2D eigenvalue weighted by atomic mass is 9.76. The van der Waals surface area contributed by atoms with Crippen molar-refractivity contribution in [3.63, 3.8) is 0 Å². The van der Waals surface area contributed by atoms with Crippen LogP contribution < -0.4 is 9.47 Å². The van der Waals surface area contributed by atoms with E-state index in [2.05, 4.69) is 22.0 Å². The molecule has 0 saturated carbocycles. The molecule has 2 heterocycles. The minimum absolute atomic E-state index is 0.339. The van der Waals surface area contributed by atoms with Gasteiger partial charge in [-0.3, -0.25) is 0 Å². The Morgan fingerprint density at radius 3 is 2.63 bits per heavy atom. The Morgan fingerprint density at radius 2 is 1.77 bits per heavy atom. The largest absolute Gasteiger partial charge is 0.497 e. The van der Waals surface area contributed by atoms with Gasteiger partial charge in [-0.05, 0) is 47.2 Å². The topological polar surface area (TPSA) is 44.8 Å². The van der Waals surface area contributed by atoms with E-state index in [1.807, 2.05) is 66.7 Å². The summed E-state index contributed by atoms with van der Waals surface area (Å²) in [7, 11) is 1.62. The van der Waals surface area contributed by atoms with Crippen LogP contribution in [0.4, 0.5) is 0 Å². The number of fused-ring (bicyclic) bond motifs is 8. The molecule has 30 heavy (non-hydrogen) atoms. The second-order valence-electron chi connectivity index (χ2n) is 7.38. The van der Waals surface area contributed by atoms with E-state index in [9.17, 15) is 4.79 Å². The van der Waals surface area contributed by atoms with Crippen LogP contribution >= 0.6 is 15.9 Å². The summed E-state index contributed by atoms with van der Waals surface area (Å²) in [4.78, 5) is 13.0.